The average molecular weight is 141 g/mol. The molecule has 0 saturated carbocycles. The van der Waals surface area contributed by atoms with Gasteiger partial charge in [0.25, 0.3) is 0 Å². The summed E-state index contributed by atoms with van der Waals surface area (Å²) < 4.78 is 0. The van der Waals surface area contributed by atoms with Crippen LogP contribution in [0.15, 0.2) is 53.8 Å². The number of hydrogen-bond acceptors (Lipinski definition) is 1. The zero-order valence-electron chi connectivity index (χ0n) is 6.04. The second-order valence-corrected chi connectivity index (χ2v) is 2.04. The molecule has 1 heteroatoms. The van der Waals surface area contributed by atoms with Crippen molar-refractivity contribution in [2.24, 2.45) is 0 Å². The Balaban J connectivity index is 3.10. The van der Waals surface area contributed by atoms with Crippen LogP contribution in [0.4, 0.5) is 0 Å². The molecule has 0 radical (unpaired) electrons. The Hall–Kier alpha value is -1.77. The van der Waals surface area contributed by atoms with Crippen molar-refractivity contribution in [3.8, 4) is 6.07 Å². The molecule has 0 unspecified atom stereocenters. The molecule has 0 fully saturated rings. The van der Waals surface area contributed by atoms with Crippen LogP contribution < -0.4 is 0 Å². The standard InChI is InChI=1S/C10H7N/c1-2-9-5-3-4-6-10(7-9)8-11/h2-4,6-7H,1H2. The maximum absolute atomic E-state index is 8.57. The fourth-order valence-corrected chi connectivity index (χ4v) is 0.741. The van der Waals surface area contributed by atoms with Gasteiger partial charge in [-0.3, -0.25) is 0 Å². The second-order valence-electron chi connectivity index (χ2n) is 2.04. The van der Waals surface area contributed by atoms with Gasteiger partial charge in [0.05, 0.1) is 11.6 Å². The first-order valence-electron chi connectivity index (χ1n) is 3.24. The van der Waals surface area contributed by atoms with Crippen LogP contribution in [-0.4, -0.2) is 0 Å². The molecule has 0 spiro atoms. The van der Waals surface area contributed by atoms with Gasteiger partial charge in [-0.2, -0.15) is 5.26 Å². The van der Waals surface area contributed by atoms with Crippen LogP contribution in [0.25, 0.3) is 0 Å². The predicted octanol–water partition coefficient (Wildman–Crippen LogP) is 2.27. The average Bonchev–Trinajstić information content (AvgIpc) is 2.28. The van der Waals surface area contributed by atoms with Crippen LogP contribution >= 0.6 is 0 Å². The van der Waals surface area contributed by atoms with Gasteiger partial charge in [-0.25, -0.2) is 0 Å². The smallest absolute Gasteiger partial charge is 0.0992 e. The lowest BCUT2D eigenvalue weighted by atomic mass is 10.2. The Morgan fingerprint density at radius 1 is 1.64 bits per heavy atom. The molecule has 11 heavy (non-hydrogen) atoms. The lowest BCUT2D eigenvalue weighted by Gasteiger charge is -1.85. The van der Waals surface area contributed by atoms with Gasteiger partial charge in [-0.05, 0) is 18.2 Å². The van der Waals surface area contributed by atoms with Crippen molar-refractivity contribution in [3.63, 3.8) is 0 Å². The van der Waals surface area contributed by atoms with Gasteiger partial charge in [0, 0.05) is 5.57 Å². The number of allylic oxidation sites excluding steroid dienone is 6. The second kappa shape index (κ2) is 3.41. The van der Waals surface area contributed by atoms with Crippen LogP contribution in [-0.2, 0) is 0 Å². The van der Waals surface area contributed by atoms with Crippen molar-refractivity contribution >= 4 is 0 Å². The van der Waals surface area contributed by atoms with Crippen LogP contribution in [0.3, 0.4) is 0 Å². The quantitative estimate of drug-likeness (QED) is 0.514. The summed E-state index contributed by atoms with van der Waals surface area (Å²) >= 11 is 0. The molecule has 0 amide bonds. The minimum atomic E-state index is 0.626. The molecule has 0 bridgehead atoms. The van der Waals surface area contributed by atoms with E-state index in [0.29, 0.717) is 5.57 Å². The molecule has 52 valence electrons. The van der Waals surface area contributed by atoms with E-state index < -0.39 is 0 Å². The molecule has 0 aromatic carbocycles. The van der Waals surface area contributed by atoms with Crippen molar-refractivity contribution in [1.82, 2.24) is 0 Å². The van der Waals surface area contributed by atoms with Gasteiger partial charge in [0.2, 0.25) is 0 Å². The van der Waals surface area contributed by atoms with E-state index in [0.717, 1.165) is 5.57 Å². The van der Waals surface area contributed by atoms with E-state index in [1.54, 1.807) is 30.4 Å². The van der Waals surface area contributed by atoms with Gasteiger partial charge in [0.15, 0.2) is 0 Å². The molecular weight excluding hydrogens is 134 g/mol. The highest BCUT2D eigenvalue weighted by Gasteiger charge is 1.91. The molecule has 1 aliphatic carbocycles. The molecule has 1 rings (SSSR count). The predicted molar refractivity (Wildman–Crippen MR) is 44.6 cm³/mol. The zero-order chi connectivity index (χ0) is 8.10. The van der Waals surface area contributed by atoms with E-state index in [1.165, 1.54) is 0 Å². The molecule has 0 saturated heterocycles. The lowest BCUT2D eigenvalue weighted by Crippen LogP contribution is -1.71. The summed E-state index contributed by atoms with van der Waals surface area (Å²) in [4.78, 5) is 0. The normalized spacial score (nSPS) is 14.5. The third-order valence-corrected chi connectivity index (χ3v) is 1.28. The van der Waals surface area contributed by atoms with Crippen molar-refractivity contribution in [3.05, 3.63) is 53.8 Å². The molecule has 0 aromatic heterocycles. The number of rotatable bonds is 1. The first-order valence-corrected chi connectivity index (χ1v) is 3.24. The Bertz CT molecular complexity index is 328. The first kappa shape index (κ1) is 7.34. The van der Waals surface area contributed by atoms with Crippen LogP contribution in [0.2, 0.25) is 0 Å². The van der Waals surface area contributed by atoms with Crippen molar-refractivity contribution in [1.29, 1.82) is 5.26 Å². The van der Waals surface area contributed by atoms with Crippen LogP contribution in [0, 0.1) is 11.3 Å². The Morgan fingerprint density at radius 3 is 3.09 bits per heavy atom. The Morgan fingerprint density at radius 2 is 2.45 bits per heavy atom. The molecule has 0 aliphatic heterocycles. The van der Waals surface area contributed by atoms with Crippen LogP contribution in [0.5, 0.6) is 0 Å². The number of hydrogen-bond donors (Lipinski definition) is 0. The summed E-state index contributed by atoms with van der Waals surface area (Å²) in [6.45, 7) is 3.59. The molecule has 1 nitrogen and oxygen atoms in total. The minimum Gasteiger partial charge on any atom is -0.192 e. The van der Waals surface area contributed by atoms with Gasteiger partial charge in [-0.1, -0.05) is 18.7 Å². The summed E-state index contributed by atoms with van der Waals surface area (Å²) in [6, 6.07) is 2.05. The third-order valence-electron chi connectivity index (χ3n) is 1.28. The molecule has 0 aromatic rings. The summed E-state index contributed by atoms with van der Waals surface area (Å²) in [5.41, 5.74) is 4.42. The molecule has 0 heterocycles. The minimum absolute atomic E-state index is 0.626. The molecule has 1 aliphatic rings. The van der Waals surface area contributed by atoms with E-state index in [1.807, 2.05) is 0 Å². The van der Waals surface area contributed by atoms with E-state index in [4.69, 9.17) is 5.26 Å². The summed E-state index contributed by atoms with van der Waals surface area (Å²) in [5, 5.41) is 8.57. The topological polar surface area (TPSA) is 23.8 Å². The van der Waals surface area contributed by atoms with E-state index in [2.05, 4.69) is 18.4 Å². The molecule has 0 atom stereocenters. The van der Waals surface area contributed by atoms with Gasteiger partial charge >= 0.3 is 0 Å². The summed E-state index contributed by atoms with van der Waals surface area (Å²) in [6.07, 6.45) is 8.70. The van der Waals surface area contributed by atoms with Gasteiger partial charge in [0.1, 0.15) is 0 Å². The largest absolute Gasteiger partial charge is 0.192 e. The van der Waals surface area contributed by atoms with E-state index in [-0.39, 0.29) is 0 Å². The Kier molecular flexibility index (Phi) is 2.28. The van der Waals surface area contributed by atoms with Crippen LogP contribution in [0.1, 0.15) is 0 Å². The van der Waals surface area contributed by atoms with Gasteiger partial charge < -0.3 is 0 Å². The van der Waals surface area contributed by atoms with E-state index >= 15 is 0 Å². The monoisotopic (exact) mass is 141 g/mol. The maximum Gasteiger partial charge on any atom is 0.0992 e. The van der Waals surface area contributed by atoms with Gasteiger partial charge in [-0.15, -0.1) is 5.73 Å². The highest BCUT2D eigenvalue weighted by molar-refractivity contribution is 5.45. The molecular formula is C10H7N. The van der Waals surface area contributed by atoms with E-state index in [9.17, 15) is 0 Å². The number of nitriles is 1. The summed E-state index contributed by atoms with van der Waals surface area (Å²) in [7, 11) is 0. The van der Waals surface area contributed by atoms with Crippen molar-refractivity contribution in [2.75, 3.05) is 0 Å². The molecule has 0 N–H and O–H groups in total. The highest BCUT2D eigenvalue weighted by Crippen LogP contribution is 2.06. The maximum atomic E-state index is 8.57. The fraction of sp³-hybridized carbons (Fsp3) is 0. The number of nitrogens with zero attached hydrogens (tertiary/aromatic N) is 1. The SMILES string of the molecule is C=CC1=C=CC=CC(C#N)=C1. The lowest BCUT2D eigenvalue weighted by molar-refractivity contribution is 1.49. The zero-order valence-corrected chi connectivity index (χ0v) is 6.04. The first-order chi connectivity index (χ1) is 5.36. The summed E-state index contributed by atoms with van der Waals surface area (Å²) in [5.74, 6) is 0. The third kappa shape index (κ3) is 1.82. The fourth-order valence-electron chi connectivity index (χ4n) is 0.741. The van der Waals surface area contributed by atoms with Crippen molar-refractivity contribution in [2.45, 2.75) is 0 Å². The van der Waals surface area contributed by atoms with Crippen molar-refractivity contribution < 1.29 is 0 Å². The highest BCUT2D eigenvalue weighted by atomic mass is 14.2. The Labute approximate surface area is 66.0 Å².